The van der Waals surface area contributed by atoms with Crippen LogP contribution < -0.4 is 5.56 Å². The number of aromatic nitrogens is 1. The van der Waals surface area contributed by atoms with E-state index in [4.69, 9.17) is 0 Å². The largest absolute Gasteiger partial charge is 0.341 e. The minimum atomic E-state index is -3.55. The van der Waals surface area contributed by atoms with Crippen LogP contribution in [0, 0.1) is 0 Å². The molecule has 1 aliphatic heterocycles. The fraction of sp³-hybridized carbons (Fsp3) is 0.368. The third-order valence-corrected chi connectivity index (χ3v) is 6.57. The molecule has 0 aliphatic carbocycles. The van der Waals surface area contributed by atoms with Crippen molar-refractivity contribution < 1.29 is 13.2 Å². The molecule has 1 saturated heterocycles. The van der Waals surface area contributed by atoms with Crippen LogP contribution in [0.2, 0.25) is 0 Å². The fourth-order valence-electron chi connectivity index (χ4n) is 3.14. The van der Waals surface area contributed by atoms with Gasteiger partial charge in [0.25, 0.3) is 5.56 Å². The van der Waals surface area contributed by atoms with E-state index in [0.29, 0.717) is 32.6 Å². The van der Waals surface area contributed by atoms with Gasteiger partial charge >= 0.3 is 0 Å². The fourth-order valence-corrected chi connectivity index (χ4v) is 4.64. The van der Waals surface area contributed by atoms with Gasteiger partial charge in [-0.1, -0.05) is 24.3 Å². The van der Waals surface area contributed by atoms with E-state index in [1.54, 1.807) is 53.6 Å². The van der Waals surface area contributed by atoms with Crippen molar-refractivity contribution in [3.63, 3.8) is 0 Å². The summed E-state index contributed by atoms with van der Waals surface area (Å²) in [7, 11) is -3.55. The highest BCUT2D eigenvalue weighted by atomic mass is 32.2. The van der Waals surface area contributed by atoms with Crippen LogP contribution in [0.15, 0.2) is 64.4 Å². The minimum absolute atomic E-state index is 0.0651. The van der Waals surface area contributed by atoms with Crippen LogP contribution in [0.4, 0.5) is 0 Å². The van der Waals surface area contributed by atoms with Gasteiger partial charge in [-0.05, 0) is 24.6 Å². The van der Waals surface area contributed by atoms with Crippen LogP contribution in [0.1, 0.15) is 12.8 Å². The van der Waals surface area contributed by atoms with Crippen molar-refractivity contribution in [2.45, 2.75) is 24.3 Å². The molecule has 2 aromatic rings. The van der Waals surface area contributed by atoms with Gasteiger partial charge < -0.3 is 9.47 Å². The number of hydrogen-bond acceptors (Lipinski definition) is 4. The number of carbonyl (C=O) groups excluding carboxylic acids is 1. The van der Waals surface area contributed by atoms with Gasteiger partial charge in [0.1, 0.15) is 0 Å². The highest BCUT2D eigenvalue weighted by Gasteiger charge is 2.27. The Morgan fingerprint density at radius 1 is 0.926 bits per heavy atom. The molecule has 27 heavy (non-hydrogen) atoms. The first-order valence-electron chi connectivity index (χ1n) is 8.97. The zero-order chi connectivity index (χ0) is 19.3. The van der Waals surface area contributed by atoms with Gasteiger partial charge in [-0.3, -0.25) is 9.59 Å². The first kappa shape index (κ1) is 19.3. The number of benzene rings is 1. The summed E-state index contributed by atoms with van der Waals surface area (Å²) in [6.07, 6.45) is 2.46. The third-order valence-electron chi connectivity index (χ3n) is 4.65. The van der Waals surface area contributed by atoms with Crippen molar-refractivity contribution >= 4 is 15.9 Å². The molecule has 0 radical (unpaired) electrons. The molecule has 8 heteroatoms. The summed E-state index contributed by atoms with van der Waals surface area (Å²) in [6.45, 7) is 1.85. The Labute approximate surface area is 158 Å². The van der Waals surface area contributed by atoms with E-state index in [9.17, 15) is 18.0 Å². The zero-order valence-electron chi connectivity index (χ0n) is 15.0. The van der Waals surface area contributed by atoms with E-state index < -0.39 is 10.0 Å². The molecule has 7 nitrogen and oxygen atoms in total. The van der Waals surface area contributed by atoms with Crippen LogP contribution in [-0.2, 0) is 21.4 Å². The molecule has 0 atom stereocenters. The van der Waals surface area contributed by atoms with Crippen LogP contribution >= 0.6 is 0 Å². The molecule has 0 spiro atoms. The van der Waals surface area contributed by atoms with Gasteiger partial charge in [-0.15, -0.1) is 0 Å². The second-order valence-corrected chi connectivity index (χ2v) is 8.37. The lowest BCUT2D eigenvalue weighted by molar-refractivity contribution is -0.131. The van der Waals surface area contributed by atoms with Gasteiger partial charge in [0, 0.05) is 51.4 Å². The molecule has 2 heterocycles. The number of nitrogens with zero attached hydrogens (tertiary/aromatic N) is 3. The number of hydrogen-bond donors (Lipinski definition) is 0. The Bertz CT molecular complexity index is 941. The Morgan fingerprint density at radius 2 is 1.67 bits per heavy atom. The van der Waals surface area contributed by atoms with Gasteiger partial charge in [-0.25, -0.2) is 8.42 Å². The number of amides is 1. The maximum absolute atomic E-state index is 12.7. The highest BCUT2D eigenvalue weighted by Crippen LogP contribution is 2.17. The molecular weight excluding hydrogens is 366 g/mol. The number of pyridine rings is 1. The highest BCUT2D eigenvalue weighted by molar-refractivity contribution is 7.89. The van der Waals surface area contributed by atoms with Gasteiger partial charge in [-0.2, -0.15) is 4.31 Å². The van der Waals surface area contributed by atoms with Crippen LogP contribution in [0.5, 0.6) is 0 Å². The van der Waals surface area contributed by atoms with Gasteiger partial charge in [0.15, 0.2) is 0 Å². The average molecular weight is 389 g/mol. The normalized spacial score (nSPS) is 16.1. The SMILES string of the molecule is O=C(CCn1ccccc1=O)N1CCCN(S(=O)(=O)c2ccccc2)CC1. The molecule has 0 unspecified atom stereocenters. The number of aryl methyl sites for hydroxylation is 1. The molecule has 144 valence electrons. The lowest BCUT2D eigenvalue weighted by Crippen LogP contribution is -2.37. The van der Waals surface area contributed by atoms with Crippen molar-refractivity contribution in [2.24, 2.45) is 0 Å². The average Bonchev–Trinajstić information content (AvgIpc) is 2.95. The molecule has 1 aromatic carbocycles. The Balaban J connectivity index is 1.60. The van der Waals surface area contributed by atoms with E-state index in [0.717, 1.165) is 0 Å². The lowest BCUT2D eigenvalue weighted by Gasteiger charge is -2.22. The van der Waals surface area contributed by atoms with Gasteiger partial charge in [0.05, 0.1) is 4.90 Å². The van der Waals surface area contributed by atoms with Gasteiger partial charge in [0.2, 0.25) is 15.9 Å². The first-order chi connectivity index (χ1) is 13.0. The summed E-state index contributed by atoms with van der Waals surface area (Å²) in [6, 6.07) is 13.2. The Kier molecular flexibility index (Phi) is 6.08. The molecule has 0 N–H and O–H groups in total. The second kappa shape index (κ2) is 8.49. The summed E-state index contributed by atoms with van der Waals surface area (Å²) in [4.78, 5) is 26.2. The molecule has 1 amide bonds. The standard InChI is InChI=1S/C19H23N3O4S/c23-18-9-4-5-11-20(18)14-10-19(24)21-12-6-13-22(16-15-21)27(25,26)17-7-2-1-3-8-17/h1-5,7-9,11H,6,10,12-16H2. The summed E-state index contributed by atoms with van der Waals surface area (Å²) in [5.74, 6) is -0.0651. The van der Waals surface area contributed by atoms with E-state index in [-0.39, 0.29) is 29.3 Å². The topological polar surface area (TPSA) is 79.7 Å². The number of rotatable bonds is 5. The van der Waals surface area contributed by atoms with Crippen molar-refractivity contribution in [3.8, 4) is 0 Å². The van der Waals surface area contributed by atoms with Crippen molar-refractivity contribution in [2.75, 3.05) is 26.2 Å². The maximum atomic E-state index is 12.7. The second-order valence-electron chi connectivity index (χ2n) is 6.43. The summed E-state index contributed by atoms with van der Waals surface area (Å²) < 4.78 is 28.4. The quantitative estimate of drug-likeness (QED) is 0.769. The minimum Gasteiger partial charge on any atom is -0.341 e. The Hall–Kier alpha value is -2.45. The number of sulfonamides is 1. The van der Waals surface area contributed by atoms with Crippen LogP contribution in [0.3, 0.4) is 0 Å². The molecule has 1 aromatic heterocycles. The number of carbonyl (C=O) groups is 1. The van der Waals surface area contributed by atoms with Crippen LogP contribution in [0.25, 0.3) is 0 Å². The van der Waals surface area contributed by atoms with Crippen molar-refractivity contribution in [1.82, 2.24) is 13.8 Å². The molecule has 3 rings (SSSR count). The van der Waals surface area contributed by atoms with E-state index >= 15 is 0 Å². The van der Waals surface area contributed by atoms with Crippen molar-refractivity contribution in [3.05, 3.63) is 65.1 Å². The van der Waals surface area contributed by atoms with E-state index in [2.05, 4.69) is 0 Å². The third kappa shape index (κ3) is 4.64. The first-order valence-corrected chi connectivity index (χ1v) is 10.4. The van der Waals surface area contributed by atoms with Crippen molar-refractivity contribution in [1.29, 1.82) is 0 Å². The molecule has 0 bridgehead atoms. The zero-order valence-corrected chi connectivity index (χ0v) is 15.8. The maximum Gasteiger partial charge on any atom is 0.250 e. The summed E-state index contributed by atoms with van der Waals surface area (Å²) in [5, 5.41) is 0. The molecule has 1 aliphatic rings. The predicted molar refractivity (Wildman–Crippen MR) is 102 cm³/mol. The lowest BCUT2D eigenvalue weighted by atomic mass is 10.3. The van der Waals surface area contributed by atoms with E-state index in [1.807, 2.05) is 0 Å². The monoisotopic (exact) mass is 389 g/mol. The molecular formula is C19H23N3O4S. The molecule has 1 fully saturated rings. The summed E-state index contributed by atoms with van der Waals surface area (Å²) in [5.41, 5.74) is -0.138. The smallest absolute Gasteiger partial charge is 0.250 e. The molecule has 0 saturated carbocycles. The summed E-state index contributed by atoms with van der Waals surface area (Å²) >= 11 is 0. The van der Waals surface area contributed by atoms with Crippen LogP contribution in [-0.4, -0.2) is 54.3 Å². The van der Waals surface area contributed by atoms with E-state index in [1.165, 1.54) is 14.9 Å². The Morgan fingerprint density at radius 3 is 2.41 bits per heavy atom. The predicted octanol–water partition coefficient (Wildman–Crippen LogP) is 1.16.